The highest BCUT2D eigenvalue weighted by Crippen LogP contribution is 2.35. The van der Waals surface area contributed by atoms with E-state index in [2.05, 4.69) is 63.8 Å². The number of ketones is 1. The fraction of sp³-hybridized carbons (Fsp3) is 0.588. The van der Waals surface area contributed by atoms with Crippen LogP contribution in [0.15, 0.2) is 24.3 Å². The molecule has 0 aliphatic carbocycles. The second kappa shape index (κ2) is 4.66. The van der Waals surface area contributed by atoms with Crippen LogP contribution in [0.4, 0.5) is 5.69 Å². The van der Waals surface area contributed by atoms with Crippen LogP contribution in [0.2, 0.25) is 0 Å². The molecule has 1 fully saturated rings. The maximum absolute atomic E-state index is 11.9. The van der Waals surface area contributed by atoms with Crippen molar-refractivity contribution < 1.29 is 4.79 Å². The summed E-state index contributed by atoms with van der Waals surface area (Å²) in [6.07, 6.45) is 0.658. The molecule has 1 saturated heterocycles. The Morgan fingerprint density at radius 1 is 1.16 bits per heavy atom. The average molecular weight is 259 g/mol. The lowest BCUT2D eigenvalue weighted by atomic mass is 9.81. The number of nitrogens with zero attached hydrogens (tertiary/aromatic N) is 1. The normalized spacial score (nSPS) is 19.6. The van der Waals surface area contributed by atoms with E-state index in [1.165, 1.54) is 11.3 Å². The van der Waals surface area contributed by atoms with Crippen molar-refractivity contribution in [1.29, 1.82) is 0 Å². The molecule has 0 unspecified atom stereocenters. The molecule has 0 saturated carbocycles. The van der Waals surface area contributed by atoms with E-state index >= 15 is 0 Å². The summed E-state index contributed by atoms with van der Waals surface area (Å²) in [4.78, 5) is 14.3. The van der Waals surface area contributed by atoms with E-state index in [-0.39, 0.29) is 10.8 Å². The molecule has 0 atom stereocenters. The monoisotopic (exact) mass is 259 g/mol. The minimum Gasteiger partial charge on any atom is -0.370 e. The van der Waals surface area contributed by atoms with Crippen molar-refractivity contribution in [3.8, 4) is 0 Å². The fourth-order valence-electron chi connectivity index (χ4n) is 2.81. The number of carbonyl (C=O) groups excluding carboxylic acids is 1. The molecule has 1 aromatic carbocycles. The fourth-order valence-corrected chi connectivity index (χ4v) is 2.81. The van der Waals surface area contributed by atoms with Crippen molar-refractivity contribution in [2.24, 2.45) is 5.41 Å². The van der Waals surface area contributed by atoms with Crippen molar-refractivity contribution in [1.82, 2.24) is 0 Å². The number of carbonyl (C=O) groups is 1. The maximum Gasteiger partial charge on any atom is 0.142 e. The molecule has 0 aromatic heterocycles. The Hall–Kier alpha value is -1.31. The van der Waals surface area contributed by atoms with Crippen LogP contribution in [0.25, 0.3) is 0 Å². The van der Waals surface area contributed by atoms with Crippen molar-refractivity contribution in [3.05, 3.63) is 29.8 Å². The third kappa shape index (κ3) is 2.83. The highest BCUT2D eigenvalue weighted by atomic mass is 16.1. The molecule has 2 rings (SSSR count). The number of benzene rings is 1. The number of Topliss-reactive ketones (excluding diaryl/α,β-unsaturated/α-hetero) is 1. The van der Waals surface area contributed by atoms with E-state index in [1.807, 2.05) is 0 Å². The molecule has 104 valence electrons. The first-order valence-electron chi connectivity index (χ1n) is 7.09. The van der Waals surface area contributed by atoms with Gasteiger partial charge < -0.3 is 4.90 Å². The zero-order chi connectivity index (χ0) is 14.3. The van der Waals surface area contributed by atoms with Crippen LogP contribution < -0.4 is 4.90 Å². The first-order chi connectivity index (χ1) is 8.72. The molecular weight excluding hydrogens is 234 g/mol. The van der Waals surface area contributed by atoms with E-state index in [4.69, 9.17) is 0 Å². The summed E-state index contributed by atoms with van der Waals surface area (Å²) in [5.74, 6) is 0.386. The third-order valence-electron chi connectivity index (χ3n) is 4.00. The van der Waals surface area contributed by atoms with Crippen LogP contribution in [-0.2, 0) is 10.2 Å². The molecule has 0 bridgehead atoms. The molecule has 1 aliphatic heterocycles. The number of hydrogen-bond donors (Lipinski definition) is 0. The van der Waals surface area contributed by atoms with E-state index < -0.39 is 0 Å². The summed E-state index contributed by atoms with van der Waals surface area (Å²) in [5, 5.41) is 0. The largest absolute Gasteiger partial charge is 0.370 e. The van der Waals surface area contributed by atoms with Gasteiger partial charge in [0, 0.05) is 30.6 Å². The molecule has 1 aromatic rings. The molecule has 0 N–H and O–H groups in total. The highest BCUT2D eigenvalue weighted by Gasteiger charge is 2.35. The number of rotatable bonds is 1. The van der Waals surface area contributed by atoms with Crippen LogP contribution in [0.1, 0.15) is 46.6 Å². The van der Waals surface area contributed by atoms with Crippen molar-refractivity contribution in [2.75, 3.05) is 18.0 Å². The summed E-state index contributed by atoms with van der Waals surface area (Å²) in [5.41, 5.74) is 2.54. The standard InChI is InChI=1S/C17H25NO/c1-16(2,3)13-8-6-7-9-14(13)18-11-10-15(19)17(4,5)12-18/h6-9H,10-12H2,1-5H3. The van der Waals surface area contributed by atoms with Gasteiger partial charge in [0.2, 0.25) is 0 Å². The van der Waals surface area contributed by atoms with Gasteiger partial charge in [-0.2, -0.15) is 0 Å². The Morgan fingerprint density at radius 2 is 1.79 bits per heavy atom. The number of piperidine rings is 1. The van der Waals surface area contributed by atoms with Gasteiger partial charge in [-0.25, -0.2) is 0 Å². The smallest absolute Gasteiger partial charge is 0.142 e. The van der Waals surface area contributed by atoms with Gasteiger partial charge in [0.15, 0.2) is 0 Å². The van der Waals surface area contributed by atoms with Gasteiger partial charge in [-0.05, 0) is 17.0 Å². The average Bonchev–Trinajstić information content (AvgIpc) is 2.31. The molecule has 19 heavy (non-hydrogen) atoms. The van der Waals surface area contributed by atoms with Crippen LogP contribution in [-0.4, -0.2) is 18.9 Å². The second-order valence-corrected chi connectivity index (χ2v) is 7.25. The SMILES string of the molecule is CC1(C)CN(c2ccccc2C(C)(C)C)CCC1=O. The first-order valence-corrected chi connectivity index (χ1v) is 7.09. The lowest BCUT2D eigenvalue weighted by molar-refractivity contribution is -0.127. The molecule has 2 heteroatoms. The molecule has 0 spiro atoms. The zero-order valence-electron chi connectivity index (χ0n) is 12.8. The molecule has 0 radical (unpaired) electrons. The van der Waals surface area contributed by atoms with Gasteiger partial charge >= 0.3 is 0 Å². The Bertz CT molecular complexity index is 482. The van der Waals surface area contributed by atoms with Crippen molar-refractivity contribution in [3.63, 3.8) is 0 Å². The second-order valence-electron chi connectivity index (χ2n) is 7.25. The lowest BCUT2D eigenvalue weighted by Gasteiger charge is -2.40. The summed E-state index contributed by atoms with van der Waals surface area (Å²) in [7, 11) is 0. The van der Waals surface area contributed by atoms with E-state index in [0.29, 0.717) is 12.2 Å². The predicted molar refractivity (Wildman–Crippen MR) is 80.8 cm³/mol. The van der Waals surface area contributed by atoms with Gasteiger partial charge in [-0.1, -0.05) is 52.8 Å². The summed E-state index contributed by atoms with van der Waals surface area (Å²) in [6.45, 7) is 12.5. The number of hydrogen-bond acceptors (Lipinski definition) is 2. The predicted octanol–water partition coefficient (Wildman–Crippen LogP) is 3.79. The van der Waals surface area contributed by atoms with E-state index in [0.717, 1.165) is 13.1 Å². The van der Waals surface area contributed by atoms with Crippen LogP contribution >= 0.6 is 0 Å². The van der Waals surface area contributed by atoms with Crippen LogP contribution in [0.3, 0.4) is 0 Å². The van der Waals surface area contributed by atoms with E-state index in [1.54, 1.807) is 0 Å². The Morgan fingerprint density at radius 3 is 2.37 bits per heavy atom. The number of para-hydroxylation sites is 1. The van der Waals surface area contributed by atoms with Gasteiger partial charge in [0.1, 0.15) is 5.78 Å². The summed E-state index contributed by atoms with van der Waals surface area (Å²) < 4.78 is 0. The third-order valence-corrected chi connectivity index (χ3v) is 4.00. The Balaban J connectivity index is 2.36. The minimum absolute atomic E-state index is 0.127. The molecule has 1 heterocycles. The molecule has 1 aliphatic rings. The Kier molecular flexibility index (Phi) is 3.46. The van der Waals surface area contributed by atoms with Crippen LogP contribution in [0.5, 0.6) is 0 Å². The topological polar surface area (TPSA) is 20.3 Å². The zero-order valence-corrected chi connectivity index (χ0v) is 12.8. The number of anilines is 1. The molecule has 0 amide bonds. The van der Waals surface area contributed by atoms with Gasteiger partial charge in [-0.3, -0.25) is 4.79 Å². The summed E-state index contributed by atoms with van der Waals surface area (Å²) in [6, 6.07) is 8.59. The Labute approximate surface area is 116 Å². The van der Waals surface area contributed by atoms with Gasteiger partial charge in [0.05, 0.1) is 0 Å². The minimum atomic E-state index is -0.233. The summed E-state index contributed by atoms with van der Waals surface area (Å²) >= 11 is 0. The molecule has 2 nitrogen and oxygen atoms in total. The molecular formula is C17H25NO. The first kappa shape index (κ1) is 14.1. The van der Waals surface area contributed by atoms with Gasteiger partial charge in [0.25, 0.3) is 0 Å². The lowest BCUT2D eigenvalue weighted by Crippen LogP contribution is -2.46. The van der Waals surface area contributed by atoms with Gasteiger partial charge in [-0.15, -0.1) is 0 Å². The quantitative estimate of drug-likeness (QED) is 0.765. The highest BCUT2D eigenvalue weighted by molar-refractivity contribution is 5.86. The van der Waals surface area contributed by atoms with Crippen molar-refractivity contribution in [2.45, 2.75) is 46.5 Å². The van der Waals surface area contributed by atoms with E-state index in [9.17, 15) is 4.79 Å². The maximum atomic E-state index is 11.9. The van der Waals surface area contributed by atoms with Crippen molar-refractivity contribution >= 4 is 11.5 Å². The van der Waals surface area contributed by atoms with Crippen LogP contribution in [0, 0.1) is 5.41 Å².